The zero-order valence-electron chi connectivity index (χ0n) is 73.2. The average molecular weight is 1330 g/mol. The largest absolute Gasteiger partial charge is 0.459 e. The lowest BCUT2D eigenvalue weighted by Crippen LogP contribution is -2.65. The molecule has 4 nitrogen and oxygen atoms in total. The molecule has 4 aliphatic rings. The molecule has 0 saturated carbocycles. The van der Waals surface area contributed by atoms with Crippen LogP contribution in [0.1, 0.15) is 99.6 Å². The third kappa shape index (κ3) is 10.4. The molecule has 0 aromatic heterocycles. The highest BCUT2D eigenvalue weighted by Crippen LogP contribution is 2.57. The van der Waals surface area contributed by atoms with Gasteiger partial charge in [-0.3, -0.25) is 0 Å². The van der Waals surface area contributed by atoms with E-state index in [1.54, 1.807) is 48.5 Å². The highest BCUT2D eigenvalue weighted by Gasteiger charge is 2.52. The Morgan fingerprint density at radius 1 is 0.294 bits per heavy atom. The van der Waals surface area contributed by atoms with Gasteiger partial charge in [0, 0.05) is 56.5 Å². The zero-order chi connectivity index (χ0) is 82.4. The van der Waals surface area contributed by atoms with Gasteiger partial charge in [-0.1, -0.05) is 311 Å². The van der Waals surface area contributed by atoms with Crippen molar-refractivity contribution >= 4 is 80.3 Å². The van der Waals surface area contributed by atoms with Crippen molar-refractivity contribution in [1.82, 2.24) is 0 Å². The van der Waals surface area contributed by atoms with Crippen LogP contribution in [0.25, 0.3) is 77.9 Å². The molecule has 0 fully saturated rings. The second-order valence-electron chi connectivity index (χ2n) is 29.9. The summed E-state index contributed by atoms with van der Waals surface area (Å²) in [6.07, 6.45) is 0. The van der Waals surface area contributed by atoms with Crippen LogP contribution in [-0.4, -0.2) is 13.4 Å². The van der Waals surface area contributed by atoms with Crippen LogP contribution in [0.2, 0.25) is 0 Å². The summed E-state index contributed by atoms with van der Waals surface area (Å²) >= 11 is 0. The summed E-state index contributed by atoms with van der Waals surface area (Å²) in [5, 5.41) is 0. The van der Waals surface area contributed by atoms with Gasteiger partial charge in [0.05, 0.1) is 31.9 Å². The quantitative estimate of drug-likeness (QED) is 0.135. The first-order valence-corrected chi connectivity index (χ1v) is 34.8. The summed E-state index contributed by atoms with van der Waals surface area (Å²) in [4.78, 5) is 4.16. The first-order valence-electron chi connectivity index (χ1n) is 42.3. The van der Waals surface area contributed by atoms with Crippen molar-refractivity contribution in [2.45, 2.75) is 78.6 Å². The molecule has 0 amide bonds. The molecule has 0 bridgehead atoms. The number of hydrogen-bond donors (Lipinski definition) is 0. The highest BCUT2D eigenvalue weighted by molar-refractivity contribution is 7.03. The van der Waals surface area contributed by atoms with Crippen molar-refractivity contribution in [3.05, 3.63) is 326 Å². The molecule has 14 aromatic rings. The van der Waals surface area contributed by atoms with E-state index in [2.05, 4.69) is 133 Å². The van der Waals surface area contributed by atoms with Crippen LogP contribution in [0.3, 0.4) is 0 Å². The van der Waals surface area contributed by atoms with E-state index < -0.39 is 96.1 Å². The zero-order valence-corrected chi connectivity index (χ0v) is 58.2. The molecular formula is C96H78B2N2O2. The van der Waals surface area contributed by atoms with Gasteiger partial charge in [-0.25, -0.2) is 0 Å². The summed E-state index contributed by atoms with van der Waals surface area (Å²) in [6.45, 7) is 16.3. The molecule has 0 saturated heterocycles. The Labute approximate surface area is 622 Å². The van der Waals surface area contributed by atoms with Crippen LogP contribution in [-0.2, 0) is 16.2 Å². The Balaban J connectivity index is 1.13. The van der Waals surface area contributed by atoms with Crippen LogP contribution in [0.5, 0.6) is 23.0 Å². The van der Waals surface area contributed by atoms with Crippen molar-refractivity contribution in [2.75, 3.05) is 9.80 Å². The van der Waals surface area contributed by atoms with Gasteiger partial charge >= 0.3 is 0 Å². The van der Waals surface area contributed by atoms with Gasteiger partial charge in [-0.15, -0.1) is 0 Å². The predicted octanol–water partition coefficient (Wildman–Crippen LogP) is 22.1. The number of hydrogen-bond acceptors (Lipinski definition) is 4. The monoisotopic (exact) mass is 1330 g/mol. The molecule has 0 aliphatic carbocycles. The number of anilines is 6. The normalized spacial score (nSPS) is 15.3. The smallest absolute Gasteiger partial charge is 0.260 e. The van der Waals surface area contributed by atoms with Gasteiger partial charge < -0.3 is 19.3 Å². The lowest BCUT2D eigenvalue weighted by molar-refractivity contribution is 0.467. The minimum absolute atomic E-state index is 0.000907. The lowest BCUT2D eigenvalue weighted by atomic mass is 9.30. The average Bonchev–Trinajstić information content (AvgIpc) is 0.661. The molecule has 14 aromatic carbocycles. The Morgan fingerprint density at radius 2 is 0.667 bits per heavy atom. The maximum absolute atomic E-state index is 12.0. The van der Waals surface area contributed by atoms with E-state index in [0.29, 0.717) is 50.5 Å². The molecule has 0 N–H and O–H groups in total. The number of benzene rings is 14. The van der Waals surface area contributed by atoms with Crippen LogP contribution < -0.4 is 52.1 Å². The standard InChI is InChI=1S/C96H78B2N2O2/c1-94(2,3)68-54-73(63-37-20-12-21-38-63)91(74(55-68)64-39-22-13-23-40-64)99-80-53-67(87-71(61-33-16-10-17-34-61)45-32-46-72(87)62-35-18-11-19-36-62)51-52-77(80)98-88-81(99)58-70(96(7,8)9)59-82(88)100(92-75(65-41-24-14-25-42-65)56-69(95(4,5)6)57-76(92)66-43-26-15-27-44-66)83-60-86-90-93(89(83)98)102-85-50-31-29-48-79(85)97(90)78-47-28-30-49-84(78)101-86/h10-60H,1-9H3/i28D,29D,30D,31D,32D,45D,46D,47D,48D,49D,50D,51D,52D,53D,60D. The third-order valence-corrected chi connectivity index (χ3v) is 20.5. The van der Waals surface area contributed by atoms with Gasteiger partial charge in [0.25, 0.3) is 13.4 Å². The number of para-hydroxylation sites is 2. The van der Waals surface area contributed by atoms with Crippen LogP contribution in [0.15, 0.2) is 309 Å². The minimum Gasteiger partial charge on any atom is -0.459 e. The molecule has 102 heavy (non-hydrogen) atoms. The van der Waals surface area contributed by atoms with Gasteiger partial charge in [-0.05, 0) is 170 Å². The van der Waals surface area contributed by atoms with Crippen molar-refractivity contribution in [3.8, 4) is 101 Å². The fourth-order valence-corrected chi connectivity index (χ4v) is 15.4. The molecule has 0 unspecified atom stereocenters. The van der Waals surface area contributed by atoms with E-state index in [1.165, 1.54) is 0 Å². The number of rotatable bonds is 9. The Hall–Kier alpha value is -11.6. The summed E-state index contributed by atoms with van der Waals surface area (Å²) in [7, 11) is 0. The Kier molecular flexibility index (Phi) is 11.4. The van der Waals surface area contributed by atoms with Crippen LogP contribution >= 0.6 is 0 Å². The van der Waals surface area contributed by atoms with Gasteiger partial charge in [0.2, 0.25) is 0 Å². The van der Waals surface area contributed by atoms with Crippen molar-refractivity contribution in [1.29, 1.82) is 0 Å². The summed E-state index contributed by atoms with van der Waals surface area (Å²) in [5.74, 6) is -1.09. The first kappa shape index (κ1) is 48.2. The number of nitrogens with zero attached hydrogens (tertiary/aromatic N) is 2. The van der Waals surface area contributed by atoms with E-state index in [9.17, 15) is 20.6 Å². The lowest BCUT2D eigenvalue weighted by Gasteiger charge is -2.48. The molecular weight excluding hydrogens is 1230 g/mol. The van der Waals surface area contributed by atoms with E-state index in [4.69, 9.17) is 9.47 Å². The Morgan fingerprint density at radius 3 is 1.08 bits per heavy atom. The van der Waals surface area contributed by atoms with E-state index in [0.717, 1.165) is 50.1 Å². The van der Waals surface area contributed by atoms with Crippen molar-refractivity contribution < 1.29 is 30.0 Å². The summed E-state index contributed by atoms with van der Waals surface area (Å²) in [5.41, 5.74) is 10.7. The highest BCUT2D eigenvalue weighted by atomic mass is 16.5. The molecule has 4 aliphatic heterocycles. The van der Waals surface area contributed by atoms with E-state index in [-0.39, 0.29) is 108 Å². The molecule has 490 valence electrons. The summed E-state index contributed by atoms with van der Waals surface area (Å²) in [6, 6.07) is 63.6. The molecule has 0 atom stereocenters. The molecule has 4 heterocycles. The van der Waals surface area contributed by atoms with Crippen LogP contribution in [0.4, 0.5) is 34.1 Å². The SMILES string of the molecule is [2H]c1c([2H])c([2H])c2c(c1[2H])Oc1c([2H])c3c(c4c1B2c1c([2H])c([2H])c([2H])c([2H])c1O4)B1c2c(cc(C(C)(C)C)cc2N3c2c(-c3ccccc3)cc(C(C)(C)C)cc2-c2ccccc2)N(c2c(-c3ccccc3)cc(C(C)(C)C)cc2-c2ccccc2)c2c([2H])c(-c3c(-c4ccccc4)c([2H])c([2H])c([2H])c3-c3ccccc3)c([2H])c([2H])c21. The minimum atomic E-state index is -1.56. The van der Waals surface area contributed by atoms with Gasteiger partial charge in [-0.2, -0.15) is 0 Å². The third-order valence-electron chi connectivity index (χ3n) is 20.5. The fourth-order valence-electron chi connectivity index (χ4n) is 15.4. The number of ether oxygens (including phenoxy) is 2. The topological polar surface area (TPSA) is 24.9 Å². The first-order chi connectivity index (χ1) is 55.8. The Bertz CT molecular complexity index is 6370. The number of fused-ring (bicyclic) bond motifs is 9. The molecule has 0 spiro atoms. The predicted molar refractivity (Wildman–Crippen MR) is 432 cm³/mol. The van der Waals surface area contributed by atoms with Crippen LogP contribution in [0, 0.1) is 0 Å². The molecule has 0 radical (unpaired) electrons. The van der Waals surface area contributed by atoms with Gasteiger partial charge in [0.15, 0.2) is 0 Å². The second kappa shape index (κ2) is 24.1. The molecule has 18 rings (SSSR count). The maximum Gasteiger partial charge on any atom is 0.260 e. The molecule has 6 heteroatoms. The van der Waals surface area contributed by atoms with Crippen molar-refractivity contribution in [2.24, 2.45) is 0 Å². The van der Waals surface area contributed by atoms with Gasteiger partial charge in [0.1, 0.15) is 23.0 Å². The van der Waals surface area contributed by atoms with E-state index >= 15 is 0 Å². The maximum atomic E-state index is 12.0. The summed E-state index contributed by atoms with van der Waals surface area (Å²) < 4.78 is 169. The van der Waals surface area contributed by atoms with E-state index in [1.807, 2.05) is 109 Å². The second-order valence-corrected chi connectivity index (χ2v) is 29.9. The van der Waals surface area contributed by atoms with Crippen molar-refractivity contribution in [3.63, 3.8) is 0 Å². The fraction of sp³-hybridized carbons (Fsp3) is 0.125.